The first-order valence-electron chi connectivity index (χ1n) is 12.5. The predicted molar refractivity (Wildman–Crippen MR) is 148 cm³/mol. The van der Waals surface area contributed by atoms with Crippen LogP contribution in [-0.4, -0.2) is 31.7 Å². The van der Waals surface area contributed by atoms with Crippen LogP contribution in [0.2, 0.25) is 0 Å². The molecule has 0 saturated carbocycles. The van der Waals surface area contributed by atoms with Crippen LogP contribution in [0.4, 0.5) is 0 Å². The summed E-state index contributed by atoms with van der Waals surface area (Å²) in [7, 11) is 4.51. The van der Waals surface area contributed by atoms with Crippen molar-refractivity contribution in [3.8, 4) is 5.75 Å². The first-order chi connectivity index (χ1) is 17.1. The quantitative estimate of drug-likeness (QED) is 0.173. The van der Waals surface area contributed by atoms with E-state index in [4.69, 9.17) is 4.74 Å². The molecule has 178 valence electrons. The molecule has 2 heteroatoms. The smallest absolute Gasteiger partial charge is 0.137 e. The Kier molecular flexibility index (Phi) is 8.18. The van der Waals surface area contributed by atoms with Gasteiger partial charge in [-0.2, -0.15) is 0 Å². The van der Waals surface area contributed by atoms with Gasteiger partial charge in [-0.3, -0.25) is 0 Å². The number of allylic oxidation sites excluding steroid dienone is 1. The van der Waals surface area contributed by atoms with Gasteiger partial charge >= 0.3 is 0 Å². The minimum absolute atomic E-state index is 0.685. The molecule has 0 bridgehead atoms. The van der Waals surface area contributed by atoms with Crippen LogP contribution < -0.4 is 4.74 Å². The average Bonchev–Trinajstić information content (AvgIpc) is 2.89. The summed E-state index contributed by atoms with van der Waals surface area (Å²) in [6.07, 6.45) is 0.959. The highest BCUT2D eigenvalue weighted by Crippen LogP contribution is 2.34. The van der Waals surface area contributed by atoms with Crippen molar-refractivity contribution in [3.05, 3.63) is 138 Å². The summed E-state index contributed by atoms with van der Waals surface area (Å²) in [5.74, 6) is 0.915. The first kappa shape index (κ1) is 24.5. The van der Waals surface area contributed by atoms with E-state index in [1.165, 1.54) is 33.4 Å². The Balaban J connectivity index is 1.51. The lowest BCUT2D eigenvalue weighted by atomic mass is 9.88. The summed E-state index contributed by atoms with van der Waals surface area (Å²) in [5, 5.41) is 0. The maximum absolute atomic E-state index is 6.16. The topological polar surface area (TPSA) is 9.23 Å². The molecule has 4 rings (SSSR count). The molecule has 0 amide bonds. The van der Waals surface area contributed by atoms with Crippen molar-refractivity contribution < 1.29 is 9.22 Å². The van der Waals surface area contributed by atoms with Crippen LogP contribution in [-0.2, 0) is 6.54 Å². The summed E-state index contributed by atoms with van der Waals surface area (Å²) in [5.41, 5.74) is 7.71. The third-order valence-electron chi connectivity index (χ3n) is 6.40. The molecular weight excluding hydrogens is 426 g/mol. The summed E-state index contributed by atoms with van der Waals surface area (Å²) >= 11 is 0. The van der Waals surface area contributed by atoms with Crippen molar-refractivity contribution in [2.45, 2.75) is 19.9 Å². The maximum Gasteiger partial charge on any atom is 0.137 e. The van der Waals surface area contributed by atoms with Crippen molar-refractivity contribution >= 4 is 11.1 Å². The van der Waals surface area contributed by atoms with Crippen molar-refractivity contribution in [2.75, 3.05) is 27.2 Å². The number of likely N-dealkylation sites (N-methyl/N-ethyl adjacent to an activating group) is 1. The highest BCUT2D eigenvalue weighted by Gasteiger charge is 2.16. The highest BCUT2D eigenvalue weighted by atomic mass is 16.5. The lowest BCUT2D eigenvalue weighted by Gasteiger charge is -2.29. The van der Waals surface area contributed by atoms with E-state index in [1.807, 2.05) is 0 Å². The van der Waals surface area contributed by atoms with Gasteiger partial charge in [-0.25, -0.2) is 0 Å². The van der Waals surface area contributed by atoms with E-state index in [1.54, 1.807) is 0 Å². The SMILES string of the molecule is CC/C(=C(\c1ccccc1)c1ccc(OCC[N+](C)(C)Cc2ccccc2)cc1)c1ccccc1. The Labute approximate surface area is 210 Å². The molecule has 0 heterocycles. The van der Waals surface area contributed by atoms with Crippen molar-refractivity contribution in [1.82, 2.24) is 0 Å². The Morgan fingerprint density at radius 2 is 1.14 bits per heavy atom. The summed E-state index contributed by atoms with van der Waals surface area (Å²) in [6.45, 7) is 4.86. The Morgan fingerprint density at radius 1 is 0.629 bits per heavy atom. The van der Waals surface area contributed by atoms with Crippen molar-refractivity contribution in [1.29, 1.82) is 0 Å². The number of nitrogens with zero attached hydrogens (tertiary/aromatic N) is 1. The minimum Gasteiger partial charge on any atom is -0.488 e. The highest BCUT2D eigenvalue weighted by molar-refractivity contribution is 5.98. The van der Waals surface area contributed by atoms with E-state index in [2.05, 4.69) is 136 Å². The summed E-state index contributed by atoms with van der Waals surface area (Å²) in [6, 6.07) is 40.7. The fraction of sp³-hybridized carbons (Fsp3) is 0.212. The third kappa shape index (κ3) is 6.71. The summed E-state index contributed by atoms with van der Waals surface area (Å²) < 4.78 is 7.05. The maximum atomic E-state index is 6.16. The molecule has 0 spiro atoms. The van der Waals surface area contributed by atoms with Gasteiger partial charge in [0.05, 0.1) is 14.1 Å². The lowest BCUT2D eigenvalue weighted by molar-refractivity contribution is -0.903. The third-order valence-corrected chi connectivity index (χ3v) is 6.40. The molecule has 0 aliphatic carbocycles. The fourth-order valence-electron chi connectivity index (χ4n) is 4.57. The molecule has 4 aromatic carbocycles. The van der Waals surface area contributed by atoms with Gasteiger partial charge in [0.2, 0.25) is 0 Å². The first-order valence-corrected chi connectivity index (χ1v) is 12.5. The second-order valence-corrected chi connectivity index (χ2v) is 9.62. The summed E-state index contributed by atoms with van der Waals surface area (Å²) in [4.78, 5) is 0. The van der Waals surface area contributed by atoms with E-state index in [9.17, 15) is 0 Å². The van der Waals surface area contributed by atoms with Gasteiger partial charge in [0, 0.05) is 5.56 Å². The Hall–Kier alpha value is -3.62. The van der Waals surface area contributed by atoms with E-state index in [0.29, 0.717) is 6.61 Å². The predicted octanol–water partition coefficient (Wildman–Crippen LogP) is 7.71. The van der Waals surface area contributed by atoms with Crippen LogP contribution in [0.5, 0.6) is 5.75 Å². The molecule has 0 N–H and O–H groups in total. The lowest BCUT2D eigenvalue weighted by Crippen LogP contribution is -2.41. The van der Waals surface area contributed by atoms with Gasteiger partial charge in [0.1, 0.15) is 25.4 Å². The van der Waals surface area contributed by atoms with Crippen LogP contribution in [0, 0.1) is 0 Å². The number of rotatable bonds is 10. The fourth-order valence-corrected chi connectivity index (χ4v) is 4.57. The van der Waals surface area contributed by atoms with E-state index in [-0.39, 0.29) is 0 Å². The molecule has 0 radical (unpaired) electrons. The van der Waals surface area contributed by atoms with Crippen LogP contribution in [0.1, 0.15) is 35.6 Å². The van der Waals surface area contributed by atoms with Crippen LogP contribution in [0.25, 0.3) is 11.1 Å². The minimum atomic E-state index is 0.685. The zero-order chi connectivity index (χ0) is 24.5. The number of hydrogen-bond acceptors (Lipinski definition) is 1. The van der Waals surface area contributed by atoms with E-state index in [0.717, 1.165) is 29.7 Å². The van der Waals surface area contributed by atoms with Gasteiger partial charge in [-0.1, -0.05) is 110 Å². The number of hydrogen-bond donors (Lipinski definition) is 0. The van der Waals surface area contributed by atoms with E-state index < -0.39 is 0 Å². The van der Waals surface area contributed by atoms with Crippen LogP contribution in [0.15, 0.2) is 115 Å². The Morgan fingerprint density at radius 3 is 1.71 bits per heavy atom. The van der Waals surface area contributed by atoms with E-state index >= 15 is 0 Å². The molecule has 0 aliphatic heterocycles. The molecule has 4 aromatic rings. The van der Waals surface area contributed by atoms with Crippen molar-refractivity contribution in [2.24, 2.45) is 0 Å². The average molecular weight is 463 g/mol. The second-order valence-electron chi connectivity index (χ2n) is 9.62. The van der Waals surface area contributed by atoms with Gasteiger partial charge < -0.3 is 9.22 Å². The van der Waals surface area contributed by atoms with Gasteiger partial charge in [-0.15, -0.1) is 0 Å². The molecule has 35 heavy (non-hydrogen) atoms. The second kappa shape index (κ2) is 11.7. The molecule has 0 aromatic heterocycles. The van der Waals surface area contributed by atoms with Gasteiger partial charge in [0.15, 0.2) is 0 Å². The normalized spacial score (nSPS) is 12.2. The molecule has 0 aliphatic rings. The zero-order valence-corrected chi connectivity index (χ0v) is 21.2. The number of ether oxygens (including phenoxy) is 1. The monoisotopic (exact) mass is 462 g/mol. The van der Waals surface area contributed by atoms with Crippen LogP contribution in [0.3, 0.4) is 0 Å². The molecular formula is C33H36NO+. The molecule has 2 nitrogen and oxygen atoms in total. The zero-order valence-electron chi connectivity index (χ0n) is 21.2. The van der Waals surface area contributed by atoms with Crippen molar-refractivity contribution in [3.63, 3.8) is 0 Å². The Bertz CT molecular complexity index is 1210. The standard InChI is InChI=1S/C33H36NO/c1-4-32(28-16-10-6-11-17-28)33(29-18-12-7-13-19-29)30-20-22-31(23-21-30)35-25-24-34(2,3)26-27-14-8-5-9-15-27/h5-23H,4,24-26H2,1-3H3/q+1/b33-32-. The van der Waals surface area contributed by atoms with Gasteiger partial charge in [0.25, 0.3) is 0 Å². The largest absolute Gasteiger partial charge is 0.488 e. The molecule has 0 unspecified atom stereocenters. The number of benzene rings is 4. The molecule has 0 atom stereocenters. The number of quaternary nitrogens is 1. The van der Waals surface area contributed by atoms with Crippen LogP contribution >= 0.6 is 0 Å². The van der Waals surface area contributed by atoms with Gasteiger partial charge in [-0.05, 0) is 46.4 Å². The molecule has 0 fully saturated rings. The molecule has 0 saturated heterocycles.